The Kier molecular flexibility index (Phi) is 4.69. The lowest BCUT2D eigenvalue weighted by molar-refractivity contribution is -0.0123. The molecule has 0 amide bonds. The molecule has 1 aromatic carbocycles. The minimum atomic E-state index is -0.586. The van der Waals surface area contributed by atoms with Crippen LogP contribution < -0.4 is 5.32 Å². The second kappa shape index (κ2) is 6.27. The third kappa shape index (κ3) is 3.51. The molecule has 18 heavy (non-hydrogen) atoms. The second-order valence-electron chi connectivity index (χ2n) is 4.72. The van der Waals surface area contributed by atoms with Gasteiger partial charge in [0.05, 0.1) is 12.2 Å². The molecule has 1 saturated carbocycles. The van der Waals surface area contributed by atoms with Crippen molar-refractivity contribution >= 4 is 0 Å². The second-order valence-corrected chi connectivity index (χ2v) is 4.72. The van der Waals surface area contributed by atoms with Crippen molar-refractivity contribution in [3.05, 3.63) is 35.6 Å². The topological polar surface area (TPSA) is 41.5 Å². The van der Waals surface area contributed by atoms with Crippen molar-refractivity contribution in [3.63, 3.8) is 0 Å². The lowest BCUT2D eigenvalue weighted by Gasteiger charge is -2.36. The standard InChI is InChI=1S/C14H20FNO2/c1-2-18-13-7-12(8-13)16-9-14(17)10-3-5-11(15)6-4-10/h3-6,12-14,16-17H,2,7-9H2,1H3. The summed E-state index contributed by atoms with van der Waals surface area (Å²) in [6, 6.07) is 6.40. The third-order valence-electron chi connectivity index (χ3n) is 3.35. The minimum absolute atomic E-state index is 0.280. The molecule has 1 fully saturated rings. The molecule has 0 bridgehead atoms. The highest BCUT2D eigenvalue weighted by Crippen LogP contribution is 2.23. The van der Waals surface area contributed by atoms with Gasteiger partial charge in [0.25, 0.3) is 0 Å². The van der Waals surface area contributed by atoms with Crippen molar-refractivity contribution in [2.75, 3.05) is 13.2 Å². The Labute approximate surface area is 107 Å². The van der Waals surface area contributed by atoms with E-state index in [1.807, 2.05) is 6.92 Å². The predicted octanol–water partition coefficient (Wildman–Crippen LogP) is 2.02. The van der Waals surface area contributed by atoms with Crippen molar-refractivity contribution < 1.29 is 14.2 Å². The van der Waals surface area contributed by atoms with Gasteiger partial charge in [-0.1, -0.05) is 12.1 Å². The van der Waals surface area contributed by atoms with Gasteiger partial charge in [-0.25, -0.2) is 4.39 Å². The largest absolute Gasteiger partial charge is 0.387 e. The van der Waals surface area contributed by atoms with E-state index in [1.54, 1.807) is 12.1 Å². The summed E-state index contributed by atoms with van der Waals surface area (Å²) in [5.41, 5.74) is 0.740. The first-order valence-electron chi connectivity index (χ1n) is 6.47. The highest BCUT2D eigenvalue weighted by atomic mass is 19.1. The van der Waals surface area contributed by atoms with Crippen LogP contribution in [0.5, 0.6) is 0 Å². The molecule has 0 spiro atoms. The van der Waals surface area contributed by atoms with Crippen molar-refractivity contribution in [1.29, 1.82) is 0 Å². The van der Waals surface area contributed by atoms with Gasteiger partial charge < -0.3 is 15.2 Å². The number of hydrogen-bond donors (Lipinski definition) is 2. The van der Waals surface area contributed by atoms with Crippen LogP contribution in [0.4, 0.5) is 4.39 Å². The van der Waals surface area contributed by atoms with E-state index < -0.39 is 6.10 Å². The zero-order chi connectivity index (χ0) is 13.0. The Morgan fingerprint density at radius 3 is 2.67 bits per heavy atom. The van der Waals surface area contributed by atoms with Crippen LogP contribution in [-0.4, -0.2) is 30.4 Å². The van der Waals surface area contributed by atoms with Crippen LogP contribution in [0.2, 0.25) is 0 Å². The molecule has 100 valence electrons. The first kappa shape index (κ1) is 13.5. The Morgan fingerprint density at radius 1 is 1.39 bits per heavy atom. The van der Waals surface area contributed by atoms with E-state index in [1.165, 1.54) is 12.1 Å². The van der Waals surface area contributed by atoms with E-state index >= 15 is 0 Å². The zero-order valence-electron chi connectivity index (χ0n) is 10.6. The fraction of sp³-hybridized carbons (Fsp3) is 0.571. The SMILES string of the molecule is CCOC1CC(NCC(O)c2ccc(F)cc2)C1. The van der Waals surface area contributed by atoms with Crippen LogP contribution in [-0.2, 0) is 4.74 Å². The van der Waals surface area contributed by atoms with Gasteiger partial charge in [0, 0.05) is 19.2 Å². The van der Waals surface area contributed by atoms with Crippen molar-refractivity contribution in [1.82, 2.24) is 5.32 Å². The molecule has 0 aromatic heterocycles. The summed E-state index contributed by atoms with van der Waals surface area (Å²) < 4.78 is 18.2. The van der Waals surface area contributed by atoms with Gasteiger partial charge >= 0.3 is 0 Å². The summed E-state index contributed by atoms with van der Waals surface area (Å²) >= 11 is 0. The molecule has 1 unspecified atom stereocenters. The van der Waals surface area contributed by atoms with Crippen LogP contribution in [0, 0.1) is 5.82 Å². The summed E-state index contributed by atoms with van der Waals surface area (Å²) in [4.78, 5) is 0. The Morgan fingerprint density at radius 2 is 2.06 bits per heavy atom. The van der Waals surface area contributed by atoms with Crippen LogP contribution in [0.15, 0.2) is 24.3 Å². The number of benzene rings is 1. The molecule has 1 aromatic rings. The molecule has 3 nitrogen and oxygen atoms in total. The molecule has 0 saturated heterocycles. The van der Waals surface area contributed by atoms with Crippen molar-refractivity contribution in [2.45, 2.75) is 38.0 Å². The van der Waals surface area contributed by atoms with Gasteiger partial charge in [-0.05, 0) is 37.5 Å². The number of aliphatic hydroxyl groups is 1. The summed E-state index contributed by atoms with van der Waals surface area (Å²) in [5, 5.41) is 13.2. The Bertz CT molecular complexity index is 363. The summed E-state index contributed by atoms with van der Waals surface area (Å²) in [6.45, 7) is 3.25. The molecule has 1 aliphatic rings. The van der Waals surface area contributed by atoms with Crippen molar-refractivity contribution in [2.24, 2.45) is 0 Å². The molecule has 2 N–H and O–H groups in total. The normalized spacial score (nSPS) is 24.6. The smallest absolute Gasteiger partial charge is 0.123 e. The van der Waals surface area contributed by atoms with E-state index in [9.17, 15) is 9.50 Å². The number of aliphatic hydroxyl groups excluding tert-OH is 1. The molecule has 4 heteroatoms. The fourth-order valence-corrected chi connectivity index (χ4v) is 2.19. The summed E-state index contributed by atoms with van der Waals surface area (Å²) in [5.74, 6) is -0.280. The molecular formula is C14H20FNO2. The molecule has 0 heterocycles. The first-order valence-corrected chi connectivity index (χ1v) is 6.47. The number of ether oxygens (including phenoxy) is 1. The number of hydrogen-bond acceptors (Lipinski definition) is 3. The average Bonchev–Trinajstić information content (AvgIpc) is 2.32. The van der Waals surface area contributed by atoms with E-state index in [-0.39, 0.29) is 5.82 Å². The average molecular weight is 253 g/mol. The van der Waals surface area contributed by atoms with Gasteiger partial charge in [-0.3, -0.25) is 0 Å². The number of nitrogens with one attached hydrogen (secondary N) is 1. The van der Waals surface area contributed by atoms with Crippen LogP contribution >= 0.6 is 0 Å². The van der Waals surface area contributed by atoms with Gasteiger partial charge in [0.15, 0.2) is 0 Å². The highest BCUT2D eigenvalue weighted by molar-refractivity contribution is 5.18. The van der Waals surface area contributed by atoms with Crippen LogP contribution in [0.3, 0.4) is 0 Å². The molecule has 0 radical (unpaired) electrons. The molecule has 0 aliphatic heterocycles. The monoisotopic (exact) mass is 253 g/mol. The molecule has 2 rings (SSSR count). The van der Waals surface area contributed by atoms with Gasteiger partial charge in [-0.15, -0.1) is 0 Å². The zero-order valence-corrected chi connectivity index (χ0v) is 10.6. The fourth-order valence-electron chi connectivity index (χ4n) is 2.19. The third-order valence-corrected chi connectivity index (χ3v) is 3.35. The maximum absolute atomic E-state index is 12.7. The van der Waals surface area contributed by atoms with Gasteiger partial charge in [0.2, 0.25) is 0 Å². The molecule has 1 aliphatic carbocycles. The van der Waals surface area contributed by atoms with E-state index in [2.05, 4.69) is 5.32 Å². The van der Waals surface area contributed by atoms with Gasteiger partial charge in [0.1, 0.15) is 5.82 Å². The Balaban J connectivity index is 1.69. The summed E-state index contributed by atoms with van der Waals surface area (Å²) in [6.07, 6.45) is 1.79. The van der Waals surface area contributed by atoms with E-state index in [0.29, 0.717) is 18.7 Å². The highest BCUT2D eigenvalue weighted by Gasteiger charge is 2.29. The maximum Gasteiger partial charge on any atom is 0.123 e. The lowest BCUT2D eigenvalue weighted by atomic mass is 9.89. The first-order chi connectivity index (χ1) is 8.69. The van der Waals surface area contributed by atoms with Crippen LogP contribution in [0.25, 0.3) is 0 Å². The maximum atomic E-state index is 12.7. The van der Waals surface area contributed by atoms with Gasteiger partial charge in [-0.2, -0.15) is 0 Å². The van der Waals surface area contributed by atoms with Crippen LogP contribution in [0.1, 0.15) is 31.4 Å². The van der Waals surface area contributed by atoms with E-state index in [4.69, 9.17) is 4.74 Å². The number of rotatable bonds is 6. The van der Waals surface area contributed by atoms with Crippen molar-refractivity contribution in [3.8, 4) is 0 Å². The quantitative estimate of drug-likeness (QED) is 0.815. The molecular weight excluding hydrogens is 233 g/mol. The number of halogens is 1. The van der Waals surface area contributed by atoms with E-state index in [0.717, 1.165) is 25.0 Å². The predicted molar refractivity (Wildman–Crippen MR) is 67.8 cm³/mol. The lowest BCUT2D eigenvalue weighted by Crippen LogP contribution is -2.46. The Hall–Kier alpha value is -0.970. The minimum Gasteiger partial charge on any atom is -0.387 e. The molecule has 1 atom stereocenters. The summed E-state index contributed by atoms with van der Waals surface area (Å²) in [7, 11) is 0.